The third kappa shape index (κ3) is 2.86. The molecule has 0 spiro atoms. The number of piperidine rings is 1. The lowest BCUT2D eigenvalue weighted by molar-refractivity contribution is -0.151. The molecule has 2 aliphatic rings. The molecule has 0 aromatic rings. The SMILES string of the molecule is O=C(O)[C@H]1CC=C(Cl)C[C@@H]1C(=O)N1CCCCC1. The van der Waals surface area contributed by atoms with Gasteiger partial charge in [0.2, 0.25) is 5.91 Å². The molecule has 0 radical (unpaired) electrons. The predicted octanol–water partition coefficient (Wildman–Crippen LogP) is 2.23. The van der Waals surface area contributed by atoms with Crippen molar-refractivity contribution in [3.05, 3.63) is 11.1 Å². The highest BCUT2D eigenvalue weighted by atomic mass is 35.5. The summed E-state index contributed by atoms with van der Waals surface area (Å²) in [7, 11) is 0. The second-order valence-electron chi connectivity index (χ2n) is 5.03. The van der Waals surface area contributed by atoms with Crippen molar-refractivity contribution in [2.75, 3.05) is 13.1 Å². The highest BCUT2D eigenvalue weighted by Crippen LogP contribution is 2.33. The third-order valence-corrected chi connectivity index (χ3v) is 4.10. The Kier molecular flexibility index (Phi) is 4.27. The van der Waals surface area contributed by atoms with Gasteiger partial charge in [-0.2, -0.15) is 0 Å². The van der Waals surface area contributed by atoms with Gasteiger partial charge in [0.05, 0.1) is 11.8 Å². The molecule has 0 aromatic heterocycles. The summed E-state index contributed by atoms with van der Waals surface area (Å²) in [5, 5.41) is 9.81. The van der Waals surface area contributed by atoms with Gasteiger partial charge < -0.3 is 10.0 Å². The van der Waals surface area contributed by atoms with Crippen LogP contribution in [0.2, 0.25) is 0 Å². The van der Waals surface area contributed by atoms with E-state index < -0.39 is 17.8 Å². The van der Waals surface area contributed by atoms with Crippen LogP contribution in [0, 0.1) is 11.8 Å². The lowest BCUT2D eigenvalue weighted by Gasteiger charge is -2.33. The summed E-state index contributed by atoms with van der Waals surface area (Å²) in [6.45, 7) is 1.51. The number of rotatable bonds is 2. The molecular weight excluding hydrogens is 254 g/mol. The molecule has 1 heterocycles. The first kappa shape index (κ1) is 13.4. The van der Waals surface area contributed by atoms with Gasteiger partial charge in [-0.05, 0) is 32.1 Å². The van der Waals surface area contributed by atoms with E-state index in [0.717, 1.165) is 32.4 Å². The highest BCUT2D eigenvalue weighted by Gasteiger charge is 2.38. The number of aliphatic carboxylic acids is 1. The summed E-state index contributed by atoms with van der Waals surface area (Å²) < 4.78 is 0. The van der Waals surface area contributed by atoms with Gasteiger partial charge in [-0.3, -0.25) is 9.59 Å². The zero-order valence-electron chi connectivity index (χ0n) is 10.3. The zero-order valence-corrected chi connectivity index (χ0v) is 11.0. The van der Waals surface area contributed by atoms with E-state index in [1.54, 1.807) is 11.0 Å². The number of likely N-dealkylation sites (tertiary alicyclic amines) is 1. The highest BCUT2D eigenvalue weighted by molar-refractivity contribution is 6.29. The number of amides is 1. The maximum absolute atomic E-state index is 12.4. The van der Waals surface area contributed by atoms with Gasteiger partial charge >= 0.3 is 5.97 Å². The summed E-state index contributed by atoms with van der Waals surface area (Å²) in [5.74, 6) is -2.04. The zero-order chi connectivity index (χ0) is 13.1. The van der Waals surface area contributed by atoms with Crippen molar-refractivity contribution in [3.63, 3.8) is 0 Å². The van der Waals surface area contributed by atoms with Crippen LogP contribution >= 0.6 is 11.6 Å². The van der Waals surface area contributed by atoms with Crippen LogP contribution in [-0.4, -0.2) is 35.0 Å². The average molecular weight is 272 g/mol. The van der Waals surface area contributed by atoms with Crippen LogP contribution in [0.15, 0.2) is 11.1 Å². The second-order valence-corrected chi connectivity index (χ2v) is 5.51. The molecule has 2 atom stereocenters. The Morgan fingerprint density at radius 1 is 1.22 bits per heavy atom. The Morgan fingerprint density at radius 2 is 1.89 bits per heavy atom. The Hall–Kier alpha value is -1.03. The van der Waals surface area contributed by atoms with E-state index >= 15 is 0 Å². The molecule has 4 nitrogen and oxygen atoms in total. The van der Waals surface area contributed by atoms with Crippen molar-refractivity contribution in [2.45, 2.75) is 32.1 Å². The number of carboxylic acid groups (broad SMARTS) is 1. The fourth-order valence-corrected chi connectivity index (χ4v) is 2.99. The second kappa shape index (κ2) is 5.74. The van der Waals surface area contributed by atoms with Crippen LogP contribution in [0.4, 0.5) is 0 Å². The van der Waals surface area contributed by atoms with Crippen molar-refractivity contribution in [1.82, 2.24) is 4.90 Å². The number of nitrogens with zero attached hydrogens (tertiary/aromatic N) is 1. The van der Waals surface area contributed by atoms with Crippen LogP contribution in [0.3, 0.4) is 0 Å². The van der Waals surface area contributed by atoms with Gasteiger partial charge in [-0.1, -0.05) is 17.7 Å². The maximum Gasteiger partial charge on any atom is 0.307 e. The molecule has 2 rings (SSSR count). The normalized spacial score (nSPS) is 28.7. The van der Waals surface area contributed by atoms with Gasteiger partial charge in [0.1, 0.15) is 0 Å². The number of hydrogen-bond acceptors (Lipinski definition) is 2. The fourth-order valence-electron chi connectivity index (χ4n) is 2.74. The van der Waals surface area contributed by atoms with E-state index in [1.807, 2.05) is 0 Å². The number of carboxylic acids is 1. The third-order valence-electron chi connectivity index (χ3n) is 3.80. The van der Waals surface area contributed by atoms with Crippen molar-refractivity contribution < 1.29 is 14.7 Å². The Labute approximate surface area is 112 Å². The topological polar surface area (TPSA) is 57.6 Å². The predicted molar refractivity (Wildman–Crippen MR) is 68.2 cm³/mol. The molecule has 18 heavy (non-hydrogen) atoms. The molecule has 1 fully saturated rings. The van der Waals surface area contributed by atoms with Crippen LogP contribution in [0.1, 0.15) is 32.1 Å². The van der Waals surface area contributed by atoms with Crippen LogP contribution in [0.25, 0.3) is 0 Å². The first-order valence-electron chi connectivity index (χ1n) is 6.45. The summed E-state index contributed by atoms with van der Waals surface area (Å²) in [6.07, 6.45) is 5.63. The number of hydrogen-bond donors (Lipinski definition) is 1. The Bertz CT molecular complexity index is 374. The van der Waals surface area contributed by atoms with Crippen molar-refractivity contribution in [1.29, 1.82) is 0 Å². The first-order valence-corrected chi connectivity index (χ1v) is 6.83. The van der Waals surface area contributed by atoms with E-state index in [0.29, 0.717) is 17.9 Å². The summed E-state index contributed by atoms with van der Waals surface area (Å²) in [4.78, 5) is 25.4. The van der Waals surface area contributed by atoms with Crippen molar-refractivity contribution >= 4 is 23.5 Å². The standard InChI is InChI=1S/C13H18ClNO3/c14-9-4-5-10(13(17)18)11(8-9)12(16)15-6-2-1-3-7-15/h4,10-11H,1-3,5-8H2,(H,17,18)/t10-,11-/m0/s1. The largest absolute Gasteiger partial charge is 0.481 e. The quantitative estimate of drug-likeness (QED) is 0.838. The summed E-state index contributed by atoms with van der Waals surface area (Å²) in [5.41, 5.74) is 0. The Morgan fingerprint density at radius 3 is 2.50 bits per heavy atom. The molecule has 1 aliphatic heterocycles. The van der Waals surface area contributed by atoms with Crippen LogP contribution in [0.5, 0.6) is 0 Å². The molecule has 1 aliphatic carbocycles. The van der Waals surface area contributed by atoms with Crippen LogP contribution in [-0.2, 0) is 9.59 Å². The van der Waals surface area contributed by atoms with Crippen LogP contribution < -0.4 is 0 Å². The molecule has 1 amide bonds. The fraction of sp³-hybridized carbons (Fsp3) is 0.692. The first-order chi connectivity index (χ1) is 8.59. The van der Waals surface area contributed by atoms with E-state index in [1.165, 1.54) is 0 Å². The number of carbonyl (C=O) groups excluding carboxylic acids is 1. The monoisotopic (exact) mass is 271 g/mol. The molecule has 5 heteroatoms. The van der Waals surface area contributed by atoms with E-state index in [2.05, 4.69) is 0 Å². The minimum atomic E-state index is -0.897. The number of halogens is 1. The smallest absolute Gasteiger partial charge is 0.307 e. The molecule has 100 valence electrons. The minimum Gasteiger partial charge on any atom is -0.481 e. The molecule has 0 unspecified atom stereocenters. The summed E-state index contributed by atoms with van der Waals surface area (Å²) in [6, 6.07) is 0. The molecular formula is C13H18ClNO3. The van der Waals surface area contributed by atoms with E-state index in [4.69, 9.17) is 11.6 Å². The number of allylic oxidation sites excluding steroid dienone is 2. The molecule has 0 aromatic carbocycles. The van der Waals surface area contributed by atoms with E-state index in [-0.39, 0.29) is 5.91 Å². The van der Waals surface area contributed by atoms with Gasteiger partial charge in [0.25, 0.3) is 0 Å². The molecule has 0 bridgehead atoms. The lowest BCUT2D eigenvalue weighted by Crippen LogP contribution is -2.44. The molecule has 1 saturated heterocycles. The van der Waals surface area contributed by atoms with Crippen molar-refractivity contribution in [2.24, 2.45) is 11.8 Å². The van der Waals surface area contributed by atoms with Gasteiger partial charge in [0, 0.05) is 18.1 Å². The van der Waals surface area contributed by atoms with E-state index in [9.17, 15) is 14.7 Å². The molecule has 0 saturated carbocycles. The maximum atomic E-state index is 12.4. The van der Waals surface area contributed by atoms with Gasteiger partial charge in [0.15, 0.2) is 0 Å². The van der Waals surface area contributed by atoms with Gasteiger partial charge in [-0.25, -0.2) is 0 Å². The average Bonchev–Trinajstić information content (AvgIpc) is 2.38. The molecule has 1 N–H and O–H groups in total. The summed E-state index contributed by atoms with van der Waals surface area (Å²) >= 11 is 5.96. The minimum absolute atomic E-state index is 0.0339. The number of carbonyl (C=O) groups is 2. The van der Waals surface area contributed by atoms with Gasteiger partial charge in [-0.15, -0.1) is 0 Å². The lowest BCUT2D eigenvalue weighted by atomic mass is 9.81. The van der Waals surface area contributed by atoms with Crippen molar-refractivity contribution in [3.8, 4) is 0 Å². The Balaban J connectivity index is 2.10.